The molecule has 0 fully saturated rings. The second kappa shape index (κ2) is 9.08. The third-order valence-electron chi connectivity index (χ3n) is 3.41. The van der Waals surface area contributed by atoms with E-state index in [9.17, 15) is 4.39 Å². The normalized spacial score (nSPS) is 12.6. The Bertz CT molecular complexity index is 529. The van der Waals surface area contributed by atoms with Crippen LogP contribution in [0.5, 0.6) is 0 Å². The first-order chi connectivity index (χ1) is 10.7. The maximum atomic E-state index is 13.3. The number of guanidine groups is 1. The third-order valence-corrected chi connectivity index (χ3v) is 3.70. The number of nitrogens with zero attached hydrogens (tertiary/aromatic N) is 1. The van der Waals surface area contributed by atoms with Gasteiger partial charge in [-0.3, -0.25) is 4.99 Å². The van der Waals surface area contributed by atoms with Gasteiger partial charge >= 0.3 is 0 Å². The Labute approximate surface area is 143 Å². The summed E-state index contributed by atoms with van der Waals surface area (Å²) in [6.07, 6.45) is 1.03. The number of benzene rings is 1. The van der Waals surface area contributed by atoms with Gasteiger partial charge in [0.2, 0.25) is 0 Å². The molecule has 0 atom stereocenters. The van der Waals surface area contributed by atoms with Crippen LogP contribution in [-0.4, -0.2) is 25.6 Å². The van der Waals surface area contributed by atoms with Gasteiger partial charge in [0.1, 0.15) is 5.82 Å². The highest BCUT2D eigenvalue weighted by atomic mass is 35.5. The van der Waals surface area contributed by atoms with E-state index in [0.717, 1.165) is 13.0 Å². The van der Waals surface area contributed by atoms with Crippen molar-refractivity contribution in [3.8, 4) is 0 Å². The lowest BCUT2D eigenvalue weighted by molar-refractivity contribution is 0.393. The number of nitrogens with two attached hydrogens (primary N) is 1. The van der Waals surface area contributed by atoms with Crippen molar-refractivity contribution in [2.75, 3.05) is 25.0 Å². The van der Waals surface area contributed by atoms with Gasteiger partial charge < -0.3 is 16.4 Å². The average Bonchev–Trinajstić information content (AvgIpc) is 2.48. The minimum atomic E-state index is -0.437. The van der Waals surface area contributed by atoms with E-state index in [1.165, 1.54) is 6.07 Å². The van der Waals surface area contributed by atoms with Crippen LogP contribution in [0.15, 0.2) is 23.2 Å². The minimum Gasteiger partial charge on any atom is -0.356 e. The van der Waals surface area contributed by atoms with E-state index in [1.54, 1.807) is 12.1 Å². The van der Waals surface area contributed by atoms with E-state index < -0.39 is 5.82 Å². The molecule has 0 saturated carbocycles. The largest absolute Gasteiger partial charge is 0.356 e. The van der Waals surface area contributed by atoms with Crippen molar-refractivity contribution in [1.82, 2.24) is 5.32 Å². The van der Waals surface area contributed by atoms with Gasteiger partial charge in [-0.05, 0) is 42.5 Å². The predicted molar refractivity (Wildman–Crippen MR) is 97.6 cm³/mol. The van der Waals surface area contributed by atoms with Gasteiger partial charge in [-0.15, -0.1) is 0 Å². The molecule has 0 aliphatic rings. The van der Waals surface area contributed by atoms with Crippen LogP contribution in [0.4, 0.5) is 10.1 Å². The van der Waals surface area contributed by atoms with Crippen LogP contribution >= 0.6 is 11.6 Å². The van der Waals surface area contributed by atoms with E-state index in [4.69, 9.17) is 17.3 Å². The van der Waals surface area contributed by atoms with Crippen molar-refractivity contribution in [2.24, 2.45) is 22.1 Å². The van der Waals surface area contributed by atoms with E-state index in [0.29, 0.717) is 30.7 Å². The van der Waals surface area contributed by atoms with E-state index in [1.807, 2.05) is 0 Å². The quantitative estimate of drug-likeness (QED) is 0.520. The molecule has 0 spiro atoms. The molecule has 0 bridgehead atoms. The molecule has 4 nitrogen and oxygen atoms in total. The summed E-state index contributed by atoms with van der Waals surface area (Å²) in [4.78, 5) is 4.59. The van der Waals surface area contributed by atoms with Crippen LogP contribution in [0.1, 0.15) is 34.1 Å². The Morgan fingerprint density at radius 3 is 2.65 bits per heavy atom. The Morgan fingerprint density at radius 1 is 1.39 bits per heavy atom. The highest BCUT2D eigenvalue weighted by Crippen LogP contribution is 2.19. The van der Waals surface area contributed by atoms with Crippen molar-refractivity contribution in [3.05, 3.63) is 29.0 Å². The first kappa shape index (κ1) is 19.7. The van der Waals surface area contributed by atoms with Gasteiger partial charge in [0.05, 0.1) is 5.02 Å². The van der Waals surface area contributed by atoms with Crippen molar-refractivity contribution in [3.63, 3.8) is 0 Å². The summed E-state index contributed by atoms with van der Waals surface area (Å²) in [7, 11) is 0. The lowest BCUT2D eigenvalue weighted by Gasteiger charge is -2.21. The van der Waals surface area contributed by atoms with Crippen molar-refractivity contribution in [2.45, 2.75) is 34.1 Å². The van der Waals surface area contributed by atoms with Gasteiger partial charge in [-0.1, -0.05) is 39.3 Å². The number of hydrogen-bond donors (Lipinski definition) is 3. The molecule has 1 rings (SSSR count). The van der Waals surface area contributed by atoms with Crippen LogP contribution in [-0.2, 0) is 0 Å². The predicted octanol–water partition coefficient (Wildman–Crippen LogP) is 3.87. The van der Waals surface area contributed by atoms with E-state index in [-0.39, 0.29) is 10.4 Å². The van der Waals surface area contributed by atoms with E-state index in [2.05, 4.69) is 43.3 Å². The first-order valence-electron chi connectivity index (χ1n) is 7.94. The van der Waals surface area contributed by atoms with Crippen LogP contribution in [0.2, 0.25) is 5.02 Å². The van der Waals surface area contributed by atoms with Crippen molar-refractivity contribution < 1.29 is 4.39 Å². The Hall–Kier alpha value is -1.33. The summed E-state index contributed by atoms with van der Waals surface area (Å²) >= 11 is 5.82. The molecule has 0 unspecified atom stereocenters. The first-order valence-corrected chi connectivity index (χ1v) is 8.32. The number of rotatable bonds is 7. The maximum Gasteiger partial charge on any atom is 0.195 e. The summed E-state index contributed by atoms with van der Waals surface area (Å²) in [6.45, 7) is 10.4. The molecular weight excluding hydrogens is 315 g/mol. The molecule has 0 saturated heterocycles. The van der Waals surface area contributed by atoms with Gasteiger partial charge in [0.25, 0.3) is 0 Å². The lowest BCUT2D eigenvalue weighted by Crippen LogP contribution is -2.34. The molecule has 6 heteroatoms. The molecule has 0 heterocycles. The highest BCUT2D eigenvalue weighted by molar-refractivity contribution is 6.31. The molecular formula is C17H28ClFN4. The maximum absolute atomic E-state index is 13.3. The molecule has 23 heavy (non-hydrogen) atoms. The van der Waals surface area contributed by atoms with Crippen LogP contribution in [0.3, 0.4) is 0 Å². The van der Waals surface area contributed by atoms with Gasteiger partial charge in [0, 0.05) is 18.8 Å². The fourth-order valence-corrected chi connectivity index (χ4v) is 1.87. The molecule has 0 aliphatic heterocycles. The van der Waals surface area contributed by atoms with E-state index >= 15 is 0 Å². The van der Waals surface area contributed by atoms with Crippen LogP contribution < -0.4 is 16.4 Å². The summed E-state index contributed by atoms with van der Waals surface area (Å²) in [5.41, 5.74) is 6.37. The molecule has 1 aromatic carbocycles. The summed E-state index contributed by atoms with van der Waals surface area (Å²) in [5, 5.41) is 6.54. The van der Waals surface area contributed by atoms with Crippen LogP contribution in [0, 0.1) is 17.2 Å². The van der Waals surface area contributed by atoms with Crippen molar-refractivity contribution in [1.29, 1.82) is 0 Å². The monoisotopic (exact) mass is 342 g/mol. The topological polar surface area (TPSA) is 62.4 Å². The zero-order chi connectivity index (χ0) is 17.5. The highest BCUT2D eigenvalue weighted by Gasteiger charge is 2.15. The SMILES string of the molecule is CC(C)CCNC(=NCC(C)(C)CN)Nc1ccc(F)c(Cl)c1. The van der Waals surface area contributed by atoms with Crippen molar-refractivity contribution >= 4 is 23.2 Å². The Kier molecular flexibility index (Phi) is 7.79. The van der Waals surface area contributed by atoms with Gasteiger partial charge in [-0.2, -0.15) is 0 Å². The zero-order valence-corrected chi connectivity index (χ0v) is 15.2. The molecule has 4 N–H and O–H groups in total. The Balaban J connectivity index is 2.80. The fourth-order valence-electron chi connectivity index (χ4n) is 1.69. The molecule has 1 aromatic rings. The second-order valence-corrected chi connectivity index (χ2v) is 7.30. The van der Waals surface area contributed by atoms with Gasteiger partial charge in [-0.25, -0.2) is 4.39 Å². The third kappa shape index (κ3) is 7.66. The summed E-state index contributed by atoms with van der Waals surface area (Å²) < 4.78 is 13.3. The molecule has 130 valence electrons. The lowest BCUT2D eigenvalue weighted by atomic mass is 9.94. The fraction of sp³-hybridized carbons (Fsp3) is 0.588. The molecule has 0 aromatic heterocycles. The Morgan fingerprint density at radius 2 is 2.09 bits per heavy atom. The second-order valence-electron chi connectivity index (χ2n) is 6.90. The number of hydrogen-bond acceptors (Lipinski definition) is 2. The number of halogens is 2. The van der Waals surface area contributed by atoms with Crippen LogP contribution in [0.25, 0.3) is 0 Å². The minimum absolute atomic E-state index is 0.0763. The molecule has 0 amide bonds. The number of aliphatic imine (C=N–C) groups is 1. The summed E-state index contributed by atoms with van der Waals surface area (Å²) in [5.74, 6) is 0.812. The smallest absolute Gasteiger partial charge is 0.195 e. The number of nitrogens with one attached hydrogen (secondary N) is 2. The molecule has 0 radical (unpaired) electrons. The molecule has 0 aliphatic carbocycles. The standard InChI is InChI=1S/C17H28ClFN4/c1-12(2)7-8-21-16(22-11-17(3,4)10-20)23-13-5-6-15(19)14(18)9-13/h5-6,9,12H,7-8,10-11,20H2,1-4H3,(H2,21,22,23). The number of anilines is 1. The summed E-state index contributed by atoms with van der Waals surface area (Å²) in [6, 6.07) is 4.51. The van der Waals surface area contributed by atoms with Gasteiger partial charge in [0.15, 0.2) is 5.96 Å². The average molecular weight is 343 g/mol. The zero-order valence-electron chi connectivity index (χ0n) is 14.4.